The molecule has 0 spiro atoms. The molecule has 5 nitrogen and oxygen atoms in total. The maximum absolute atomic E-state index is 10.2. The molecule has 0 aromatic carbocycles. The van der Waals surface area contributed by atoms with Gasteiger partial charge in [-0.2, -0.15) is 0 Å². The van der Waals surface area contributed by atoms with Gasteiger partial charge in [-0.1, -0.05) is 6.92 Å². The van der Waals surface area contributed by atoms with Gasteiger partial charge in [0.15, 0.2) is 0 Å². The first kappa shape index (κ1) is 19.1. The lowest BCUT2D eigenvalue weighted by atomic mass is 9.92. The van der Waals surface area contributed by atoms with Crippen molar-refractivity contribution in [2.24, 2.45) is 0 Å². The lowest BCUT2D eigenvalue weighted by Crippen LogP contribution is -2.35. The highest BCUT2D eigenvalue weighted by Crippen LogP contribution is 2.47. The van der Waals surface area contributed by atoms with Gasteiger partial charge in [0, 0.05) is 10.9 Å². The minimum absolute atomic E-state index is 0.230. The Morgan fingerprint density at radius 2 is 2.00 bits per heavy atom. The molecule has 2 aromatic rings. The van der Waals surface area contributed by atoms with Crippen LogP contribution in [0.5, 0.6) is 5.88 Å². The summed E-state index contributed by atoms with van der Waals surface area (Å²) in [6.07, 6.45) is 10.0. The summed E-state index contributed by atoms with van der Waals surface area (Å²) in [4.78, 5) is 13.9. The highest BCUT2D eigenvalue weighted by molar-refractivity contribution is 7.19. The van der Waals surface area contributed by atoms with Crippen LogP contribution < -0.4 is 4.74 Å². The van der Waals surface area contributed by atoms with Crippen LogP contribution in [-0.4, -0.2) is 52.3 Å². The molecular weight excluding hydrogens is 358 g/mol. The molecule has 0 radical (unpaired) electrons. The van der Waals surface area contributed by atoms with E-state index in [1.807, 2.05) is 6.92 Å². The third kappa shape index (κ3) is 3.84. The fourth-order valence-corrected chi connectivity index (χ4v) is 5.93. The third-order valence-corrected chi connectivity index (χ3v) is 7.55. The Kier molecular flexibility index (Phi) is 5.67. The van der Waals surface area contributed by atoms with E-state index in [1.165, 1.54) is 23.3 Å². The standard InChI is InChI=1S/C21H31N3O2S/c1-4-15(25)11-13-5-10-17-18(13)19-20(22-12-23-21(19)27-17)26-16-8-6-14(7-9-16)24(2)3/h12-16,25H,4-11H2,1-3H3/t13-,14-,15-,16-/m1/s1. The highest BCUT2D eigenvalue weighted by atomic mass is 32.1. The van der Waals surface area contributed by atoms with Gasteiger partial charge in [0.05, 0.1) is 11.5 Å². The molecule has 4 rings (SSSR count). The average Bonchev–Trinajstić information content (AvgIpc) is 3.22. The molecule has 148 valence electrons. The molecule has 6 heteroatoms. The van der Waals surface area contributed by atoms with E-state index in [1.54, 1.807) is 17.7 Å². The van der Waals surface area contributed by atoms with Gasteiger partial charge in [0.2, 0.25) is 5.88 Å². The van der Waals surface area contributed by atoms with Crippen molar-refractivity contribution in [1.82, 2.24) is 14.9 Å². The molecule has 2 aromatic heterocycles. The monoisotopic (exact) mass is 389 g/mol. The molecule has 2 heterocycles. The van der Waals surface area contributed by atoms with Gasteiger partial charge in [-0.25, -0.2) is 9.97 Å². The molecule has 2 aliphatic rings. The first-order valence-electron chi connectivity index (χ1n) is 10.3. The van der Waals surface area contributed by atoms with E-state index in [9.17, 15) is 5.11 Å². The predicted octanol–water partition coefficient (Wildman–Crippen LogP) is 4.13. The molecule has 0 unspecified atom stereocenters. The van der Waals surface area contributed by atoms with Crippen LogP contribution in [0.15, 0.2) is 6.33 Å². The van der Waals surface area contributed by atoms with Gasteiger partial charge in [0.1, 0.15) is 17.3 Å². The Morgan fingerprint density at radius 3 is 2.70 bits per heavy atom. The highest BCUT2D eigenvalue weighted by Gasteiger charge is 2.32. The number of rotatable bonds is 6. The van der Waals surface area contributed by atoms with Crippen LogP contribution in [0.25, 0.3) is 10.2 Å². The molecule has 2 atom stereocenters. The summed E-state index contributed by atoms with van der Waals surface area (Å²) in [7, 11) is 4.33. The number of aliphatic hydroxyl groups excluding tert-OH is 1. The molecular formula is C21H31N3O2S. The van der Waals surface area contributed by atoms with E-state index in [2.05, 4.69) is 29.0 Å². The van der Waals surface area contributed by atoms with Gasteiger partial charge < -0.3 is 14.7 Å². The molecule has 2 aliphatic carbocycles. The number of hydrogen-bond donors (Lipinski definition) is 1. The first-order valence-corrected chi connectivity index (χ1v) is 11.2. The van der Waals surface area contributed by atoms with Crippen molar-refractivity contribution in [3.8, 4) is 5.88 Å². The Morgan fingerprint density at radius 1 is 1.22 bits per heavy atom. The van der Waals surface area contributed by atoms with E-state index in [4.69, 9.17) is 4.74 Å². The Labute approximate surface area is 165 Å². The Hall–Kier alpha value is -1.24. The number of fused-ring (bicyclic) bond motifs is 3. The van der Waals surface area contributed by atoms with Crippen LogP contribution in [0.3, 0.4) is 0 Å². The van der Waals surface area contributed by atoms with Crippen LogP contribution >= 0.6 is 11.3 Å². The minimum atomic E-state index is -0.230. The molecule has 1 fully saturated rings. The number of aliphatic hydroxyl groups is 1. The maximum atomic E-state index is 10.2. The van der Waals surface area contributed by atoms with Crippen molar-refractivity contribution in [3.05, 3.63) is 16.8 Å². The van der Waals surface area contributed by atoms with Crippen LogP contribution in [0.4, 0.5) is 0 Å². The minimum Gasteiger partial charge on any atom is -0.474 e. The zero-order valence-electron chi connectivity index (χ0n) is 16.6. The zero-order valence-corrected chi connectivity index (χ0v) is 17.5. The molecule has 1 saturated carbocycles. The van der Waals surface area contributed by atoms with Crippen LogP contribution in [0.1, 0.15) is 68.2 Å². The van der Waals surface area contributed by atoms with Gasteiger partial charge in [-0.15, -0.1) is 11.3 Å². The summed E-state index contributed by atoms with van der Waals surface area (Å²) in [6.45, 7) is 2.05. The van der Waals surface area contributed by atoms with Crippen molar-refractivity contribution < 1.29 is 9.84 Å². The lowest BCUT2D eigenvalue weighted by molar-refractivity contribution is 0.108. The molecule has 1 N–H and O–H groups in total. The van der Waals surface area contributed by atoms with E-state index < -0.39 is 0 Å². The van der Waals surface area contributed by atoms with Crippen molar-refractivity contribution in [2.45, 2.75) is 82.5 Å². The lowest BCUT2D eigenvalue weighted by Gasteiger charge is -2.32. The molecule has 0 saturated heterocycles. The topological polar surface area (TPSA) is 58.5 Å². The number of aryl methyl sites for hydroxylation is 1. The van der Waals surface area contributed by atoms with Gasteiger partial charge in [-0.05, 0) is 76.9 Å². The van der Waals surface area contributed by atoms with E-state index in [0.717, 1.165) is 54.6 Å². The summed E-state index contributed by atoms with van der Waals surface area (Å²) in [6, 6.07) is 0.667. The fourth-order valence-electron chi connectivity index (χ4n) is 4.70. The smallest absolute Gasteiger partial charge is 0.225 e. The SMILES string of the molecule is CC[C@@H](O)C[C@H]1CCc2sc3ncnc(O[C@H]4CC[C@H](N(C)C)CC4)c3c21. The number of nitrogens with zero attached hydrogens (tertiary/aromatic N) is 3. The van der Waals surface area contributed by atoms with Crippen molar-refractivity contribution in [3.63, 3.8) is 0 Å². The number of ether oxygens (including phenoxy) is 1. The maximum Gasteiger partial charge on any atom is 0.225 e. The third-order valence-electron chi connectivity index (χ3n) is 6.38. The zero-order chi connectivity index (χ0) is 19.0. The second kappa shape index (κ2) is 8.02. The Bertz CT molecular complexity index is 783. The summed E-state index contributed by atoms with van der Waals surface area (Å²) in [5, 5.41) is 11.3. The molecule has 0 bridgehead atoms. The van der Waals surface area contributed by atoms with Gasteiger partial charge in [-0.3, -0.25) is 0 Å². The number of aromatic nitrogens is 2. The second-order valence-electron chi connectivity index (χ2n) is 8.34. The van der Waals surface area contributed by atoms with Crippen molar-refractivity contribution in [2.75, 3.05) is 14.1 Å². The normalized spacial score (nSPS) is 26.5. The summed E-state index contributed by atoms with van der Waals surface area (Å²) < 4.78 is 6.43. The summed E-state index contributed by atoms with van der Waals surface area (Å²) in [5.74, 6) is 1.17. The van der Waals surface area contributed by atoms with Crippen molar-refractivity contribution in [1.29, 1.82) is 0 Å². The first-order chi connectivity index (χ1) is 13.1. The predicted molar refractivity (Wildman–Crippen MR) is 110 cm³/mol. The Balaban J connectivity index is 1.57. The number of hydrogen-bond acceptors (Lipinski definition) is 6. The average molecular weight is 390 g/mol. The molecule has 27 heavy (non-hydrogen) atoms. The fraction of sp³-hybridized carbons (Fsp3) is 0.714. The largest absolute Gasteiger partial charge is 0.474 e. The van der Waals surface area contributed by atoms with Gasteiger partial charge >= 0.3 is 0 Å². The van der Waals surface area contributed by atoms with Gasteiger partial charge in [0.25, 0.3) is 0 Å². The molecule has 0 aliphatic heterocycles. The molecule has 0 amide bonds. The van der Waals surface area contributed by atoms with E-state index in [-0.39, 0.29) is 12.2 Å². The van der Waals surface area contributed by atoms with E-state index >= 15 is 0 Å². The van der Waals surface area contributed by atoms with Crippen LogP contribution in [-0.2, 0) is 6.42 Å². The van der Waals surface area contributed by atoms with Crippen molar-refractivity contribution >= 4 is 21.6 Å². The van der Waals surface area contributed by atoms with Crippen LogP contribution in [0, 0.1) is 0 Å². The van der Waals surface area contributed by atoms with E-state index in [0.29, 0.717) is 12.0 Å². The second-order valence-corrected chi connectivity index (χ2v) is 9.43. The summed E-state index contributed by atoms with van der Waals surface area (Å²) >= 11 is 1.79. The number of thiophene rings is 1. The quantitative estimate of drug-likeness (QED) is 0.805. The van der Waals surface area contributed by atoms with Crippen LogP contribution in [0.2, 0.25) is 0 Å². The summed E-state index contributed by atoms with van der Waals surface area (Å²) in [5.41, 5.74) is 1.36.